The molecule has 1 aliphatic heterocycles. The van der Waals surface area contributed by atoms with Crippen molar-refractivity contribution < 1.29 is 4.79 Å². The smallest absolute Gasteiger partial charge is 0.227 e. The van der Waals surface area contributed by atoms with Crippen molar-refractivity contribution >= 4 is 22.9 Å². The lowest BCUT2D eigenvalue weighted by atomic mass is 10.1. The van der Waals surface area contributed by atoms with Gasteiger partial charge >= 0.3 is 0 Å². The Bertz CT molecular complexity index is 1160. The summed E-state index contributed by atoms with van der Waals surface area (Å²) in [6.07, 6.45) is 4.26. The SMILES string of the molecule is Cc1nc(-c2ccc(CC(=O)N3CCCC3c3nnc4ccccn34)cc2)cs1. The van der Waals surface area contributed by atoms with E-state index in [9.17, 15) is 4.79 Å². The molecule has 0 aliphatic carbocycles. The van der Waals surface area contributed by atoms with Gasteiger partial charge in [-0.1, -0.05) is 30.3 Å². The number of fused-ring (bicyclic) bond motifs is 1. The van der Waals surface area contributed by atoms with Crippen LogP contribution in [0.3, 0.4) is 0 Å². The summed E-state index contributed by atoms with van der Waals surface area (Å²) in [6.45, 7) is 2.77. The molecule has 0 spiro atoms. The molecule has 3 aromatic heterocycles. The number of carbonyl (C=O) groups excluding carboxylic acids is 1. The normalized spacial score (nSPS) is 16.6. The van der Waals surface area contributed by atoms with Crippen LogP contribution < -0.4 is 0 Å². The summed E-state index contributed by atoms with van der Waals surface area (Å²) < 4.78 is 1.99. The molecule has 1 aliphatic rings. The molecule has 1 unspecified atom stereocenters. The predicted octanol–water partition coefficient (Wildman–Crippen LogP) is 4.07. The van der Waals surface area contributed by atoms with Crippen molar-refractivity contribution in [3.63, 3.8) is 0 Å². The fraction of sp³-hybridized carbons (Fsp3) is 0.273. The van der Waals surface area contributed by atoms with Crippen molar-refractivity contribution in [2.75, 3.05) is 6.54 Å². The van der Waals surface area contributed by atoms with E-state index in [0.717, 1.165) is 52.7 Å². The Balaban J connectivity index is 1.33. The molecule has 0 bridgehead atoms. The van der Waals surface area contributed by atoms with E-state index in [0.29, 0.717) is 6.42 Å². The number of carbonyl (C=O) groups is 1. The molecule has 1 aromatic carbocycles. The van der Waals surface area contributed by atoms with Crippen LogP contribution in [0.1, 0.15) is 35.3 Å². The highest BCUT2D eigenvalue weighted by atomic mass is 32.1. The molecule has 29 heavy (non-hydrogen) atoms. The maximum atomic E-state index is 13.1. The van der Waals surface area contributed by atoms with Crippen LogP contribution in [0.5, 0.6) is 0 Å². The number of benzene rings is 1. The third kappa shape index (κ3) is 3.42. The Morgan fingerprint density at radius 3 is 2.83 bits per heavy atom. The van der Waals surface area contributed by atoms with Crippen LogP contribution in [-0.4, -0.2) is 36.9 Å². The first-order valence-electron chi connectivity index (χ1n) is 9.79. The topological polar surface area (TPSA) is 63.4 Å². The molecule has 1 atom stereocenters. The zero-order valence-electron chi connectivity index (χ0n) is 16.2. The van der Waals surface area contributed by atoms with Crippen LogP contribution in [0.2, 0.25) is 0 Å². The zero-order chi connectivity index (χ0) is 19.8. The summed E-state index contributed by atoms with van der Waals surface area (Å²) in [5.41, 5.74) is 3.90. The predicted molar refractivity (Wildman–Crippen MR) is 113 cm³/mol. The van der Waals surface area contributed by atoms with Gasteiger partial charge in [-0.25, -0.2) is 4.98 Å². The van der Waals surface area contributed by atoms with Crippen molar-refractivity contribution in [3.05, 3.63) is 70.4 Å². The first-order chi connectivity index (χ1) is 14.2. The molecule has 0 radical (unpaired) electrons. The van der Waals surface area contributed by atoms with Gasteiger partial charge in [0.25, 0.3) is 0 Å². The van der Waals surface area contributed by atoms with Gasteiger partial charge in [0.15, 0.2) is 11.5 Å². The number of amides is 1. The standard InChI is InChI=1S/C22H21N5OS/c1-15-23-18(14-29-15)17-9-7-16(8-10-17)13-21(28)26-12-4-5-19(26)22-25-24-20-6-2-3-11-27(20)22/h2-3,6-11,14,19H,4-5,12-13H2,1H3. The van der Waals surface area contributed by atoms with Crippen molar-refractivity contribution in [2.24, 2.45) is 0 Å². The van der Waals surface area contributed by atoms with Gasteiger partial charge < -0.3 is 4.90 Å². The highest BCUT2D eigenvalue weighted by Crippen LogP contribution is 2.31. The van der Waals surface area contributed by atoms with Gasteiger partial charge in [-0.2, -0.15) is 0 Å². The molecule has 5 rings (SSSR count). The van der Waals surface area contributed by atoms with E-state index in [2.05, 4.69) is 20.6 Å². The Hall–Kier alpha value is -3.06. The molecule has 6 nitrogen and oxygen atoms in total. The van der Waals surface area contributed by atoms with Gasteiger partial charge in [-0.3, -0.25) is 9.20 Å². The van der Waals surface area contributed by atoms with E-state index < -0.39 is 0 Å². The van der Waals surface area contributed by atoms with E-state index in [1.807, 2.05) is 64.9 Å². The van der Waals surface area contributed by atoms with E-state index >= 15 is 0 Å². The van der Waals surface area contributed by atoms with Gasteiger partial charge in [0.1, 0.15) is 0 Å². The Morgan fingerprint density at radius 1 is 1.17 bits per heavy atom. The third-order valence-electron chi connectivity index (χ3n) is 5.44. The molecule has 0 N–H and O–H groups in total. The van der Waals surface area contributed by atoms with Gasteiger partial charge in [0.05, 0.1) is 23.2 Å². The van der Waals surface area contributed by atoms with Crippen LogP contribution in [0, 0.1) is 6.92 Å². The van der Waals surface area contributed by atoms with Crippen LogP contribution in [0.25, 0.3) is 16.9 Å². The number of rotatable bonds is 4. The average Bonchev–Trinajstić information content (AvgIpc) is 3.47. The molecule has 0 saturated carbocycles. The number of aromatic nitrogens is 4. The van der Waals surface area contributed by atoms with Crippen molar-refractivity contribution in [1.29, 1.82) is 0 Å². The Kier molecular flexibility index (Phi) is 4.60. The van der Waals surface area contributed by atoms with Crippen molar-refractivity contribution in [2.45, 2.75) is 32.2 Å². The molecule has 1 amide bonds. The van der Waals surface area contributed by atoms with Crippen molar-refractivity contribution in [1.82, 2.24) is 24.5 Å². The first-order valence-corrected chi connectivity index (χ1v) is 10.7. The summed E-state index contributed by atoms with van der Waals surface area (Å²) in [5.74, 6) is 0.984. The molecular formula is C22H21N5OS. The second-order valence-corrected chi connectivity index (χ2v) is 8.42. The lowest BCUT2D eigenvalue weighted by Crippen LogP contribution is -2.32. The van der Waals surface area contributed by atoms with E-state index in [1.165, 1.54) is 0 Å². The van der Waals surface area contributed by atoms with E-state index in [-0.39, 0.29) is 11.9 Å². The number of nitrogens with zero attached hydrogens (tertiary/aromatic N) is 5. The van der Waals surface area contributed by atoms with Gasteiger partial charge in [0.2, 0.25) is 5.91 Å². The summed E-state index contributed by atoms with van der Waals surface area (Å²) in [5, 5.41) is 11.7. The summed E-state index contributed by atoms with van der Waals surface area (Å²) in [4.78, 5) is 19.6. The van der Waals surface area contributed by atoms with Crippen LogP contribution in [-0.2, 0) is 11.2 Å². The molecule has 4 heterocycles. The maximum Gasteiger partial charge on any atom is 0.227 e. The number of thiazole rings is 1. The summed E-state index contributed by atoms with van der Waals surface area (Å²) >= 11 is 1.65. The number of aryl methyl sites for hydroxylation is 1. The maximum absolute atomic E-state index is 13.1. The van der Waals surface area contributed by atoms with Crippen LogP contribution in [0.4, 0.5) is 0 Å². The zero-order valence-corrected chi connectivity index (χ0v) is 17.0. The highest BCUT2D eigenvalue weighted by molar-refractivity contribution is 7.09. The van der Waals surface area contributed by atoms with E-state index in [1.54, 1.807) is 11.3 Å². The third-order valence-corrected chi connectivity index (χ3v) is 6.21. The molecule has 1 saturated heterocycles. The molecule has 1 fully saturated rings. The number of pyridine rings is 1. The van der Waals surface area contributed by atoms with Gasteiger partial charge in [0, 0.05) is 23.7 Å². The highest BCUT2D eigenvalue weighted by Gasteiger charge is 2.33. The Labute approximate surface area is 172 Å². The largest absolute Gasteiger partial charge is 0.332 e. The van der Waals surface area contributed by atoms with Crippen LogP contribution >= 0.6 is 11.3 Å². The van der Waals surface area contributed by atoms with Gasteiger partial charge in [-0.15, -0.1) is 21.5 Å². The van der Waals surface area contributed by atoms with E-state index in [4.69, 9.17) is 0 Å². The first kappa shape index (κ1) is 18.0. The lowest BCUT2D eigenvalue weighted by molar-refractivity contribution is -0.131. The number of likely N-dealkylation sites (tertiary alicyclic amines) is 1. The fourth-order valence-electron chi connectivity index (χ4n) is 3.99. The van der Waals surface area contributed by atoms with Crippen molar-refractivity contribution in [3.8, 4) is 11.3 Å². The number of hydrogen-bond acceptors (Lipinski definition) is 5. The average molecular weight is 404 g/mol. The molecule has 146 valence electrons. The quantitative estimate of drug-likeness (QED) is 0.515. The molecule has 7 heteroatoms. The second kappa shape index (κ2) is 7.40. The number of hydrogen-bond donors (Lipinski definition) is 0. The second-order valence-electron chi connectivity index (χ2n) is 7.36. The lowest BCUT2D eigenvalue weighted by Gasteiger charge is -2.23. The Morgan fingerprint density at radius 2 is 2.03 bits per heavy atom. The summed E-state index contributed by atoms with van der Waals surface area (Å²) in [7, 11) is 0. The summed E-state index contributed by atoms with van der Waals surface area (Å²) in [6, 6.07) is 14.0. The fourth-order valence-corrected chi connectivity index (χ4v) is 4.61. The minimum atomic E-state index is -0.0165. The monoisotopic (exact) mass is 403 g/mol. The minimum Gasteiger partial charge on any atom is -0.332 e. The van der Waals surface area contributed by atoms with Crippen LogP contribution in [0.15, 0.2) is 54.0 Å². The van der Waals surface area contributed by atoms with Gasteiger partial charge in [-0.05, 0) is 37.5 Å². The molecular weight excluding hydrogens is 382 g/mol. The molecule has 4 aromatic rings. The minimum absolute atomic E-state index is 0.0165.